The summed E-state index contributed by atoms with van der Waals surface area (Å²) in [6.45, 7) is 4.13. The van der Waals surface area contributed by atoms with Gasteiger partial charge in [0.1, 0.15) is 0 Å². The number of allylic oxidation sites excluding steroid dienone is 3. The van der Waals surface area contributed by atoms with Crippen LogP contribution in [0.15, 0.2) is 23.4 Å². The molecule has 0 saturated carbocycles. The van der Waals surface area contributed by atoms with Gasteiger partial charge in [0.25, 0.3) is 0 Å². The van der Waals surface area contributed by atoms with E-state index in [9.17, 15) is 4.79 Å². The van der Waals surface area contributed by atoms with Gasteiger partial charge in [-0.1, -0.05) is 19.9 Å². The Morgan fingerprint density at radius 2 is 2.31 bits per heavy atom. The number of hydrogen-bond donors (Lipinski definition) is 2. The third-order valence-electron chi connectivity index (χ3n) is 2.39. The summed E-state index contributed by atoms with van der Waals surface area (Å²) in [6.07, 6.45) is 5.46. The fourth-order valence-electron chi connectivity index (χ4n) is 1.35. The van der Waals surface area contributed by atoms with Crippen LogP contribution in [0.25, 0.3) is 0 Å². The molecule has 16 heavy (non-hydrogen) atoms. The predicted octanol–water partition coefficient (Wildman–Crippen LogP) is 0.906. The molecule has 1 rings (SSSR count). The normalized spacial score (nSPS) is 15.5. The summed E-state index contributed by atoms with van der Waals surface area (Å²) >= 11 is 0. The molecule has 0 heterocycles. The molecule has 1 amide bonds. The molecule has 0 unspecified atom stereocenters. The van der Waals surface area contributed by atoms with E-state index < -0.39 is 0 Å². The van der Waals surface area contributed by atoms with Gasteiger partial charge in [-0.05, 0) is 24.5 Å². The minimum Gasteiger partial charge on any atom is -0.429 e. The molecular formula is C11H17BNO3. The maximum absolute atomic E-state index is 11.4. The molecule has 87 valence electrons. The zero-order chi connectivity index (χ0) is 12.0. The molecule has 5 heteroatoms. The molecule has 1 radical (unpaired) electrons. The molecule has 0 aromatic carbocycles. The van der Waals surface area contributed by atoms with Crippen molar-refractivity contribution in [3.05, 3.63) is 23.4 Å². The van der Waals surface area contributed by atoms with Crippen molar-refractivity contribution < 1.29 is 14.5 Å². The third kappa shape index (κ3) is 4.20. The van der Waals surface area contributed by atoms with Gasteiger partial charge >= 0.3 is 7.69 Å². The molecule has 0 saturated heterocycles. The minimum atomic E-state index is -0.00130. The van der Waals surface area contributed by atoms with E-state index in [0.717, 1.165) is 24.1 Å². The van der Waals surface area contributed by atoms with E-state index in [1.54, 1.807) is 0 Å². The summed E-state index contributed by atoms with van der Waals surface area (Å²) in [5, 5.41) is 11.3. The fourth-order valence-corrected chi connectivity index (χ4v) is 1.35. The highest BCUT2D eigenvalue weighted by atomic mass is 16.5. The van der Waals surface area contributed by atoms with Gasteiger partial charge in [0, 0.05) is 11.6 Å². The molecule has 0 spiro atoms. The van der Waals surface area contributed by atoms with E-state index in [4.69, 9.17) is 9.68 Å². The third-order valence-corrected chi connectivity index (χ3v) is 2.39. The Morgan fingerprint density at radius 1 is 1.56 bits per heavy atom. The van der Waals surface area contributed by atoms with Gasteiger partial charge in [-0.3, -0.25) is 4.79 Å². The molecular weight excluding hydrogens is 205 g/mol. The second-order valence-electron chi connectivity index (χ2n) is 4.08. The number of carbonyl (C=O) groups is 1. The lowest BCUT2D eigenvalue weighted by atomic mass is 10.0. The molecule has 0 bridgehead atoms. The Morgan fingerprint density at radius 3 is 2.81 bits per heavy atom. The number of hydrogen-bond acceptors (Lipinski definition) is 3. The fraction of sp³-hybridized carbons (Fsp3) is 0.545. The molecule has 4 nitrogen and oxygen atoms in total. The zero-order valence-electron chi connectivity index (χ0n) is 9.69. The van der Waals surface area contributed by atoms with Gasteiger partial charge in [0.2, 0.25) is 5.91 Å². The van der Waals surface area contributed by atoms with Crippen LogP contribution < -0.4 is 5.32 Å². The summed E-state index contributed by atoms with van der Waals surface area (Å²) in [6, 6.07) is 0. The second-order valence-corrected chi connectivity index (χ2v) is 4.08. The van der Waals surface area contributed by atoms with E-state index in [2.05, 4.69) is 5.32 Å². The van der Waals surface area contributed by atoms with Crippen LogP contribution in [0, 0.1) is 5.92 Å². The highest BCUT2D eigenvalue weighted by molar-refractivity contribution is 6.15. The first-order chi connectivity index (χ1) is 7.63. The molecule has 0 aromatic rings. The Hall–Kier alpha value is -1.07. The highest BCUT2D eigenvalue weighted by Crippen LogP contribution is 2.16. The van der Waals surface area contributed by atoms with Gasteiger partial charge < -0.3 is 15.0 Å². The van der Waals surface area contributed by atoms with Gasteiger partial charge in [0.15, 0.2) is 0 Å². The first-order valence-electron chi connectivity index (χ1n) is 5.40. The number of amides is 1. The molecule has 0 atom stereocenters. The lowest BCUT2D eigenvalue weighted by Gasteiger charge is -2.16. The smallest absolute Gasteiger partial charge is 0.429 e. The summed E-state index contributed by atoms with van der Waals surface area (Å²) in [5.74, 6) is 0.0432. The summed E-state index contributed by atoms with van der Waals surface area (Å²) in [4.78, 5) is 11.4. The lowest BCUT2D eigenvalue weighted by Crippen LogP contribution is -2.27. The minimum absolute atomic E-state index is 0.00130. The molecule has 1 aliphatic carbocycles. The quantitative estimate of drug-likeness (QED) is 0.679. The van der Waals surface area contributed by atoms with Gasteiger partial charge in [-0.25, -0.2) is 0 Å². The SMILES string of the molecule is CC(C)C(=O)NC1=CC=C(CO[B]O)CC1. The first kappa shape index (κ1) is 13.0. The van der Waals surface area contributed by atoms with Crippen molar-refractivity contribution in [3.8, 4) is 0 Å². The summed E-state index contributed by atoms with van der Waals surface area (Å²) in [5.41, 5.74) is 2.04. The topological polar surface area (TPSA) is 58.6 Å². The number of nitrogens with one attached hydrogen (secondary N) is 1. The molecule has 0 aromatic heterocycles. The lowest BCUT2D eigenvalue weighted by molar-refractivity contribution is -0.123. The van der Waals surface area contributed by atoms with Crippen LogP contribution in [-0.4, -0.2) is 25.2 Å². The van der Waals surface area contributed by atoms with Crippen LogP contribution in [0.5, 0.6) is 0 Å². The van der Waals surface area contributed by atoms with Gasteiger partial charge in [0.05, 0.1) is 6.61 Å². The van der Waals surface area contributed by atoms with Crippen LogP contribution in [0.2, 0.25) is 0 Å². The van der Waals surface area contributed by atoms with Crippen LogP contribution in [0.3, 0.4) is 0 Å². The van der Waals surface area contributed by atoms with Crippen molar-refractivity contribution in [3.63, 3.8) is 0 Å². The van der Waals surface area contributed by atoms with E-state index in [1.807, 2.05) is 26.0 Å². The maximum Gasteiger partial charge on any atom is 0.485 e. The van der Waals surface area contributed by atoms with Crippen molar-refractivity contribution in [2.75, 3.05) is 6.61 Å². The van der Waals surface area contributed by atoms with Gasteiger partial charge in [-0.2, -0.15) is 0 Å². The van der Waals surface area contributed by atoms with E-state index in [1.165, 1.54) is 0 Å². The van der Waals surface area contributed by atoms with Crippen molar-refractivity contribution in [1.82, 2.24) is 5.32 Å². The predicted molar refractivity (Wildman–Crippen MR) is 62.3 cm³/mol. The van der Waals surface area contributed by atoms with Crippen LogP contribution in [0.1, 0.15) is 26.7 Å². The standard InChI is InChI=1S/C11H17BNO3/c1-8(2)11(14)13-10-5-3-9(4-6-10)7-16-12-15/h3,5,8,15H,4,6-7H2,1-2H3,(H,13,14). The van der Waals surface area contributed by atoms with E-state index >= 15 is 0 Å². The van der Waals surface area contributed by atoms with Crippen molar-refractivity contribution in [1.29, 1.82) is 0 Å². The molecule has 0 aliphatic heterocycles. The number of carbonyl (C=O) groups excluding carboxylic acids is 1. The van der Waals surface area contributed by atoms with Gasteiger partial charge in [-0.15, -0.1) is 0 Å². The summed E-state index contributed by atoms with van der Waals surface area (Å²) < 4.78 is 4.77. The summed E-state index contributed by atoms with van der Waals surface area (Å²) in [7, 11) is 0.695. The average Bonchev–Trinajstić information content (AvgIpc) is 2.28. The Labute approximate surface area is 96.7 Å². The molecule has 2 N–H and O–H groups in total. The molecule has 0 fully saturated rings. The highest BCUT2D eigenvalue weighted by Gasteiger charge is 2.11. The zero-order valence-corrected chi connectivity index (χ0v) is 9.69. The van der Waals surface area contributed by atoms with Crippen molar-refractivity contribution in [2.24, 2.45) is 5.92 Å². The van der Waals surface area contributed by atoms with Crippen LogP contribution >= 0.6 is 0 Å². The Bertz CT molecular complexity index is 310. The Kier molecular flexibility index (Phi) is 5.28. The maximum atomic E-state index is 11.4. The first-order valence-corrected chi connectivity index (χ1v) is 5.40. The average molecular weight is 222 g/mol. The number of rotatable bonds is 5. The monoisotopic (exact) mass is 222 g/mol. The Balaban J connectivity index is 2.44. The largest absolute Gasteiger partial charge is 0.485 e. The second kappa shape index (κ2) is 6.50. The molecule has 1 aliphatic rings. The van der Waals surface area contributed by atoms with E-state index in [-0.39, 0.29) is 11.8 Å². The van der Waals surface area contributed by atoms with Crippen LogP contribution in [-0.2, 0) is 9.45 Å². The van der Waals surface area contributed by atoms with Crippen molar-refractivity contribution in [2.45, 2.75) is 26.7 Å². The van der Waals surface area contributed by atoms with E-state index in [0.29, 0.717) is 14.3 Å². The van der Waals surface area contributed by atoms with Crippen molar-refractivity contribution >= 4 is 13.6 Å². The van der Waals surface area contributed by atoms with Crippen LogP contribution in [0.4, 0.5) is 0 Å².